The first-order valence-electron chi connectivity index (χ1n) is 3.44. The Balaban J connectivity index is 2.95. The standard InChI is InChI=1S/C8H9ClN2O/c1-6(11-12-2)7-4-3-5-8(9)10-7/h3-5H,1-2H3. The lowest BCUT2D eigenvalue weighted by atomic mass is 10.3. The van der Waals surface area contributed by atoms with Crippen molar-refractivity contribution < 1.29 is 4.84 Å². The van der Waals surface area contributed by atoms with Gasteiger partial charge in [-0.15, -0.1) is 0 Å². The molecule has 1 aromatic rings. The van der Waals surface area contributed by atoms with Gasteiger partial charge < -0.3 is 4.84 Å². The summed E-state index contributed by atoms with van der Waals surface area (Å²) in [5.74, 6) is 0. The van der Waals surface area contributed by atoms with Gasteiger partial charge in [0.2, 0.25) is 0 Å². The molecule has 12 heavy (non-hydrogen) atoms. The zero-order valence-corrected chi connectivity index (χ0v) is 7.67. The average molecular weight is 185 g/mol. The van der Waals surface area contributed by atoms with Crippen LogP contribution in [0.5, 0.6) is 0 Å². The predicted molar refractivity (Wildman–Crippen MR) is 48.5 cm³/mol. The molecule has 0 aliphatic carbocycles. The summed E-state index contributed by atoms with van der Waals surface area (Å²) in [7, 11) is 1.49. The third-order valence-electron chi connectivity index (χ3n) is 1.31. The van der Waals surface area contributed by atoms with E-state index in [-0.39, 0.29) is 0 Å². The molecule has 0 aliphatic rings. The molecule has 0 N–H and O–H groups in total. The van der Waals surface area contributed by atoms with Crippen LogP contribution in [0.25, 0.3) is 0 Å². The SMILES string of the molecule is CON=C(C)c1cccc(Cl)n1. The average Bonchev–Trinajstić information content (AvgIpc) is 2.05. The molecule has 1 rings (SSSR count). The van der Waals surface area contributed by atoms with E-state index >= 15 is 0 Å². The molecule has 64 valence electrons. The molecule has 0 bridgehead atoms. The van der Waals surface area contributed by atoms with E-state index in [4.69, 9.17) is 11.6 Å². The number of hydrogen-bond donors (Lipinski definition) is 0. The molecule has 0 saturated carbocycles. The van der Waals surface area contributed by atoms with Crippen LogP contribution in [-0.2, 0) is 4.84 Å². The molecule has 0 unspecified atom stereocenters. The van der Waals surface area contributed by atoms with Crippen LogP contribution in [0.2, 0.25) is 5.15 Å². The molecule has 0 radical (unpaired) electrons. The Morgan fingerprint density at radius 2 is 2.33 bits per heavy atom. The topological polar surface area (TPSA) is 34.5 Å². The first-order valence-corrected chi connectivity index (χ1v) is 3.82. The number of nitrogens with zero attached hydrogens (tertiary/aromatic N) is 2. The highest BCUT2D eigenvalue weighted by molar-refractivity contribution is 6.29. The van der Waals surface area contributed by atoms with Crippen molar-refractivity contribution in [3.63, 3.8) is 0 Å². The van der Waals surface area contributed by atoms with E-state index in [0.717, 1.165) is 5.69 Å². The number of halogens is 1. The van der Waals surface area contributed by atoms with Crippen LogP contribution in [-0.4, -0.2) is 17.8 Å². The largest absolute Gasteiger partial charge is 0.399 e. The van der Waals surface area contributed by atoms with E-state index in [9.17, 15) is 0 Å². The van der Waals surface area contributed by atoms with Crippen LogP contribution >= 0.6 is 11.6 Å². The summed E-state index contributed by atoms with van der Waals surface area (Å²) in [6.45, 7) is 1.81. The van der Waals surface area contributed by atoms with E-state index in [1.54, 1.807) is 6.07 Å². The summed E-state index contributed by atoms with van der Waals surface area (Å²) in [6, 6.07) is 5.36. The summed E-state index contributed by atoms with van der Waals surface area (Å²) in [5, 5.41) is 4.19. The Labute approximate surface area is 76.0 Å². The van der Waals surface area contributed by atoms with E-state index in [1.165, 1.54) is 7.11 Å². The Bertz CT molecular complexity index is 299. The fourth-order valence-corrected chi connectivity index (χ4v) is 0.957. The number of hydrogen-bond acceptors (Lipinski definition) is 3. The fraction of sp³-hybridized carbons (Fsp3) is 0.250. The van der Waals surface area contributed by atoms with Gasteiger partial charge >= 0.3 is 0 Å². The van der Waals surface area contributed by atoms with Crippen molar-refractivity contribution in [3.05, 3.63) is 29.0 Å². The summed E-state index contributed by atoms with van der Waals surface area (Å²) in [4.78, 5) is 8.65. The molecule has 0 fully saturated rings. The molecule has 1 heterocycles. The zero-order valence-electron chi connectivity index (χ0n) is 6.91. The molecule has 0 aliphatic heterocycles. The Kier molecular flexibility index (Phi) is 3.05. The van der Waals surface area contributed by atoms with Crippen molar-refractivity contribution in [3.8, 4) is 0 Å². The summed E-state index contributed by atoms with van der Waals surface area (Å²) in [5.41, 5.74) is 1.43. The van der Waals surface area contributed by atoms with Crippen LogP contribution in [0.3, 0.4) is 0 Å². The lowest BCUT2D eigenvalue weighted by Crippen LogP contribution is -1.98. The zero-order chi connectivity index (χ0) is 8.97. The van der Waals surface area contributed by atoms with Crippen LogP contribution in [0, 0.1) is 0 Å². The maximum absolute atomic E-state index is 5.68. The molecule has 0 amide bonds. The maximum Gasteiger partial charge on any atom is 0.129 e. The highest BCUT2D eigenvalue weighted by Gasteiger charge is 1.99. The maximum atomic E-state index is 5.68. The second-order valence-corrected chi connectivity index (χ2v) is 2.59. The predicted octanol–water partition coefficient (Wildman–Crippen LogP) is 2.11. The third kappa shape index (κ3) is 2.20. The van der Waals surface area contributed by atoms with Gasteiger partial charge in [-0.1, -0.05) is 22.8 Å². The molecule has 0 spiro atoms. The lowest BCUT2D eigenvalue weighted by Gasteiger charge is -1.98. The van der Waals surface area contributed by atoms with Crippen LogP contribution in [0.1, 0.15) is 12.6 Å². The Morgan fingerprint density at radius 1 is 1.58 bits per heavy atom. The van der Waals surface area contributed by atoms with E-state index < -0.39 is 0 Å². The lowest BCUT2D eigenvalue weighted by molar-refractivity contribution is 0.213. The highest BCUT2D eigenvalue weighted by Crippen LogP contribution is 2.05. The minimum atomic E-state index is 0.457. The van der Waals surface area contributed by atoms with Crippen LogP contribution in [0.4, 0.5) is 0 Å². The molecular weight excluding hydrogens is 176 g/mol. The summed E-state index contributed by atoms with van der Waals surface area (Å²) < 4.78 is 0. The van der Waals surface area contributed by atoms with Crippen LogP contribution < -0.4 is 0 Å². The van der Waals surface area contributed by atoms with Gasteiger partial charge in [0.05, 0.1) is 5.69 Å². The van der Waals surface area contributed by atoms with Crippen molar-refractivity contribution >= 4 is 17.3 Å². The van der Waals surface area contributed by atoms with Crippen molar-refractivity contribution in [2.24, 2.45) is 5.16 Å². The van der Waals surface area contributed by atoms with Gasteiger partial charge in [-0.3, -0.25) is 0 Å². The molecule has 0 atom stereocenters. The molecule has 1 aromatic heterocycles. The normalized spacial score (nSPS) is 11.4. The second-order valence-electron chi connectivity index (χ2n) is 2.20. The van der Waals surface area contributed by atoms with Crippen molar-refractivity contribution in [2.75, 3.05) is 7.11 Å². The minimum absolute atomic E-state index is 0.457. The van der Waals surface area contributed by atoms with Crippen molar-refractivity contribution in [2.45, 2.75) is 6.92 Å². The fourth-order valence-electron chi connectivity index (χ4n) is 0.793. The molecule has 0 saturated heterocycles. The monoisotopic (exact) mass is 184 g/mol. The quantitative estimate of drug-likeness (QED) is 0.401. The number of rotatable bonds is 2. The highest BCUT2D eigenvalue weighted by atomic mass is 35.5. The Morgan fingerprint density at radius 3 is 2.92 bits per heavy atom. The molecule has 0 aromatic carbocycles. The number of oxime groups is 1. The number of pyridine rings is 1. The first kappa shape index (κ1) is 9.00. The summed E-state index contributed by atoms with van der Waals surface area (Å²) in [6.07, 6.45) is 0. The van der Waals surface area contributed by atoms with E-state index in [0.29, 0.717) is 10.9 Å². The number of aromatic nitrogens is 1. The van der Waals surface area contributed by atoms with Gasteiger partial charge in [0.1, 0.15) is 18.0 Å². The Hall–Kier alpha value is -1.09. The molecular formula is C8H9ClN2O. The van der Waals surface area contributed by atoms with E-state index in [1.807, 2.05) is 19.1 Å². The van der Waals surface area contributed by atoms with E-state index in [2.05, 4.69) is 15.0 Å². The molecule has 3 nitrogen and oxygen atoms in total. The van der Waals surface area contributed by atoms with Crippen LogP contribution in [0.15, 0.2) is 23.4 Å². The van der Waals surface area contributed by atoms with Gasteiger partial charge in [-0.2, -0.15) is 0 Å². The second kappa shape index (κ2) is 4.07. The molecule has 4 heteroatoms. The van der Waals surface area contributed by atoms with Gasteiger partial charge in [-0.05, 0) is 19.1 Å². The summed E-state index contributed by atoms with van der Waals surface area (Å²) >= 11 is 5.68. The van der Waals surface area contributed by atoms with Gasteiger partial charge in [0.25, 0.3) is 0 Å². The van der Waals surface area contributed by atoms with Gasteiger partial charge in [0.15, 0.2) is 0 Å². The van der Waals surface area contributed by atoms with Gasteiger partial charge in [0, 0.05) is 0 Å². The van der Waals surface area contributed by atoms with Gasteiger partial charge in [-0.25, -0.2) is 4.98 Å². The minimum Gasteiger partial charge on any atom is -0.399 e. The first-order chi connectivity index (χ1) is 5.74. The van der Waals surface area contributed by atoms with Crippen molar-refractivity contribution in [1.82, 2.24) is 4.98 Å². The third-order valence-corrected chi connectivity index (χ3v) is 1.52. The smallest absolute Gasteiger partial charge is 0.129 e. The van der Waals surface area contributed by atoms with Crippen molar-refractivity contribution in [1.29, 1.82) is 0 Å².